The van der Waals surface area contributed by atoms with Gasteiger partial charge in [0.05, 0.1) is 6.54 Å². The Balaban J connectivity index is 2.53. The Kier molecular flexibility index (Phi) is 2.05. The molecule has 14 heavy (non-hydrogen) atoms. The summed E-state index contributed by atoms with van der Waals surface area (Å²) in [5.41, 5.74) is 11.7. The molecule has 1 aliphatic heterocycles. The molecular formula is C8H12N5O+. The van der Waals surface area contributed by atoms with E-state index in [0.717, 1.165) is 5.82 Å². The van der Waals surface area contributed by atoms with E-state index in [0.29, 0.717) is 31.1 Å². The summed E-state index contributed by atoms with van der Waals surface area (Å²) in [7, 11) is 0. The molecule has 2 rings (SSSR count). The molecule has 2 heterocycles. The van der Waals surface area contributed by atoms with Crippen LogP contribution in [0.3, 0.4) is 0 Å². The zero-order valence-corrected chi connectivity index (χ0v) is 7.66. The number of nitrogens with two attached hydrogens (primary N) is 2. The lowest BCUT2D eigenvalue weighted by Gasteiger charge is -2.06. The largest absolute Gasteiger partial charge is 0.344 e. The molecule has 0 fully saturated rings. The van der Waals surface area contributed by atoms with E-state index < -0.39 is 0 Å². The molecule has 0 saturated heterocycles. The van der Waals surface area contributed by atoms with Crippen molar-refractivity contribution >= 4 is 17.5 Å². The van der Waals surface area contributed by atoms with E-state index in [4.69, 9.17) is 11.5 Å². The van der Waals surface area contributed by atoms with Crippen LogP contribution < -0.4 is 21.4 Å². The van der Waals surface area contributed by atoms with Gasteiger partial charge in [-0.15, -0.1) is 4.98 Å². The predicted molar refractivity (Wildman–Crippen MR) is 50.7 cm³/mol. The van der Waals surface area contributed by atoms with Crippen LogP contribution in [0.4, 0.5) is 11.8 Å². The number of rotatable bonds is 2. The quantitative estimate of drug-likeness (QED) is 0.499. The number of nitrogen functional groups attached to an aromatic ring is 1. The first-order valence-corrected chi connectivity index (χ1v) is 4.39. The van der Waals surface area contributed by atoms with Crippen molar-refractivity contribution in [3.8, 4) is 0 Å². The molecule has 1 aromatic heterocycles. The maximum absolute atomic E-state index is 11.3. The summed E-state index contributed by atoms with van der Waals surface area (Å²) in [4.78, 5) is 15.3. The number of hydrogen-bond acceptors (Lipinski definition) is 5. The molecule has 0 amide bonds. The summed E-state index contributed by atoms with van der Waals surface area (Å²) in [6, 6.07) is 0. The van der Waals surface area contributed by atoms with Crippen molar-refractivity contribution in [2.45, 2.75) is 6.54 Å². The van der Waals surface area contributed by atoms with Crippen molar-refractivity contribution in [1.29, 1.82) is 0 Å². The van der Waals surface area contributed by atoms with Gasteiger partial charge in [-0.1, -0.05) is 0 Å². The zero-order chi connectivity index (χ0) is 10.1. The van der Waals surface area contributed by atoms with E-state index >= 15 is 0 Å². The molecule has 6 heteroatoms. The molecule has 5 N–H and O–H groups in total. The Hall–Kier alpha value is -1.69. The number of anilines is 2. The molecule has 0 radical (unpaired) electrons. The molecular weight excluding hydrogens is 182 g/mol. The topological polar surface area (TPSA) is 97.9 Å². The average Bonchev–Trinajstić information content (AvgIpc) is 2.53. The number of carbonyl (C=O) groups is 1. The summed E-state index contributed by atoms with van der Waals surface area (Å²) in [6.07, 6.45) is 1.50. The van der Waals surface area contributed by atoms with Gasteiger partial charge in [-0.25, -0.2) is 4.57 Å². The minimum Gasteiger partial charge on any atom is -0.328 e. The molecule has 0 spiro atoms. The lowest BCUT2D eigenvalue weighted by molar-refractivity contribution is -0.668. The van der Waals surface area contributed by atoms with Crippen LogP contribution in [0.25, 0.3) is 0 Å². The third-order valence-corrected chi connectivity index (χ3v) is 2.20. The molecule has 6 nitrogen and oxygen atoms in total. The highest BCUT2D eigenvalue weighted by Crippen LogP contribution is 2.16. The number of carbonyl (C=O) groups excluding carboxylic acids is 1. The molecule has 0 unspecified atom stereocenters. The maximum atomic E-state index is 11.3. The lowest BCUT2D eigenvalue weighted by atomic mass is 10.2. The van der Waals surface area contributed by atoms with Crippen LogP contribution in [0.1, 0.15) is 10.4 Å². The molecule has 1 aliphatic rings. The second-order valence-electron chi connectivity index (χ2n) is 3.10. The molecule has 0 bridgehead atoms. The van der Waals surface area contributed by atoms with E-state index in [2.05, 4.69) is 10.3 Å². The standard InChI is InChI=1S/C8H11N5O/c9-1-2-13-7-5(3-12-8(13)10)6(14)4-11-7/h3H,1-2,4,9H2,(H2,10,11,12,14)/p+1. The molecule has 1 aromatic rings. The number of fused-ring (bicyclic) bond motifs is 1. The van der Waals surface area contributed by atoms with Crippen LogP contribution in [0.15, 0.2) is 6.20 Å². The minimum absolute atomic E-state index is 0.0401. The van der Waals surface area contributed by atoms with Crippen LogP contribution in [0.2, 0.25) is 0 Å². The fourth-order valence-corrected chi connectivity index (χ4v) is 1.53. The smallest absolute Gasteiger partial charge is 0.328 e. The first-order chi connectivity index (χ1) is 6.74. The number of ketones is 1. The molecule has 0 aliphatic carbocycles. The van der Waals surface area contributed by atoms with Crippen molar-refractivity contribution < 1.29 is 9.36 Å². The third kappa shape index (κ3) is 1.20. The Morgan fingerprint density at radius 1 is 1.64 bits per heavy atom. The van der Waals surface area contributed by atoms with Crippen molar-refractivity contribution in [2.24, 2.45) is 5.73 Å². The van der Waals surface area contributed by atoms with Crippen LogP contribution >= 0.6 is 0 Å². The highest BCUT2D eigenvalue weighted by atomic mass is 16.1. The highest BCUT2D eigenvalue weighted by molar-refractivity contribution is 6.06. The van der Waals surface area contributed by atoms with E-state index in [-0.39, 0.29) is 5.78 Å². The van der Waals surface area contributed by atoms with Gasteiger partial charge in [0.15, 0.2) is 0 Å². The van der Waals surface area contributed by atoms with Gasteiger partial charge in [0.1, 0.15) is 18.3 Å². The van der Waals surface area contributed by atoms with Gasteiger partial charge < -0.3 is 16.8 Å². The van der Waals surface area contributed by atoms with Gasteiger partial charge in [0.2, 0.25) is 11.6 Å². The summed E-state index contributed by atoms with van der Waals surface area (Å²) in [5.74, 6) is 1.14. The Labute approximate surface area is 80.9 Å². The minimum atomic E-state index is 0.0401. The normalized spacial score (nSPS) is 13.9. The average molecular weight is 194 g/mol. The zero-order valence-electron chi connectivity index (χ0n) is 7.66. The maximum Gasteiger partial charge on any atom is 0.344 e. The first kappa shape index (κ1) is 8.89. The van der Waals surface area contributed by atoms with Crippen LogP contribution in [0.5, 0.6) is 0 Å². The van der Waals surface area contributed by atoms with E-state index in [1.165, 1.54) is 6.20 Å². The highest BCUT2D eigenvalue weighted by Gasteiger charge is 2.28. The van der Waals surface area contributed by atoms with Gasteiger partial charge in [-0.05, 0) is 0 Å². The monoisotopic (exact) mass is 194 g/mol. The number of nitrogens with one attached hydrogen (secondary N) is 1. The SMILES string of the molecule is NCC[n+]1c(N)ncc2c1NCC2=O. The van der Waals surface area contributed by atoms with Gasteiger partial charge in [-0.3, -0.25) is 4.79 Å². The third-order valence-electron chi connectivity index (χ3n) is 2.20. The second-order valence-corrected chi connectivity index (χ2v) is 3.10. The summed E-state index contributed by atoms with van der Waals surface area (Å²) in [5, 5.41) is 2.98. The van der Waals surface area contributed by atoms with Gasteiger partial charge in [0.25, 0.3) is 0 Å². The van der Waals surface area contributed by atoms with Crippen molar-refractivity contribution in [2.75, 3.05) is 24.1 Å². The Morgan fingerprint density at radius 3 is 3.14 bits per heavy atom. The number of nitrogens with zero attached hydrogens (tertiary/aromatic N) is 2. The van der Waals surface area contributed by atoms with Crippen LogP contribution in [-0.4, -0.2) is 23.9 Å². The molecule has 0 aromatic carbocycles. The van der Waals surface area contributed by atoms with Crippen molar-refractivity contribution in [3.05, 3.63) is 11.8 Å². The van der Waals surface area contributed by atoms with Crippen LogP contribution in [-0.2, 0) is 6.54 Å². The summed E-state index contributed by atoms with van der Waals surface area (Å²) in [6.45, 7) is 1.33. The number of aromatic nitrogens is 2. The van der Waals surface area contributed by atoms with Gasteiger partial charge in [-0.2, -0.15) is 0 Å². The predicted octanol–water partition coefficient (Wildman–Crippen LogP) is -1.48. The fraction of sp³-hybridized carbons (Fsp3) is 0.375. The van der Waals surface area contributed by atoms with Gasteiger partial charge in [0, 0.05) is 6.54 Å². The van der Waals surface area contributed by atoms with Gasteiger partial charge >= 0.3 is 5.95 Å². The molecule has 0 saturated carbocycles. The molecule has 0 atom stereocenters. The van der Waals surface area contributed by atoms with E-state index in [1.54, 1.807) is 4.57 Å². The Bertz CT molecular complexity index is 390. The lowest BCUT2D eigenvalue weighted by Crippen LogP contribution is -2.43. The Morgan fingerprint density at radius 2 is 2.43 bits per heavy atom. The van der Waals surface area contributed by atoms with Crippen LogP contribution in [0, 0.1) is 0 Å². The summed E-state index contributed by atoms with van der Waals surface area (Å²) < 4.78 is 1.72. The number of hydrogen-bond donors (Lipinski definition) is 3. The molecule has 74 valence electrons. The van der Waals surface area contributed by atoms with Crippen molar-refractivity contribution in [3.63, 3.8) is 0 Å². The van der Waals surface area contributed by atoms with Crippen molar-refractivity contribution in [1.82, 2.24) is 4.98 Å². The summed E-state index contributed by atoms with van der Waals surface area (Å²) >= 11 is 0. The second kappa shape index (κ2) is 3.22. The first-order valence-electron chi connectivity index (χ1n) is 4.39. The van der Waals surface area contributed by atoms with E-state index in [9.17, 15) is 4.79 Å². The number of Topliss-reactive ketones (excluding diaryl/α,β-unsaturated/α-hetero) is 1. The van der Waals surface area contributed by atoms with E-state index in [1.807, 2.05) is 0 Å². The fourth-order valence-electron chi connectivity index (χ4n) is 1.53.